The molecule has 0 aliphatic carbocycles. The third kappa shape index (κ3) is 3.71. The smallest absolute Gasteiger partial charge is 0.254 e. The number of hydrogen-bond acceptors (Lipinski definition) is 3. The lowest BCUT2D eigenvalue weighted by Gasteiger charge is -2.30. The minimum absolute atomic E-state index is 0.112. The molecule has 0 atom stereocenters. The molecule has 0 saturated carbocycles. The Labute approximate surface area is 167 Å². The van der Waals surface area contributed by atoms with Crippen LogP contribution in [0.1, 0.15) is 41.3 Å². The summed E-state index contributed by atoms with van der Waals surface area (Å²) in [6.45, 7) is 4.46. The van der Waals surface area contributed by atoms with Gasteiger partial charge in [0.1, 0.15) is 0 Å². The topological polar surface area (TPSA) is 57.7 Å². The van der Waals surface area contributed by atoms with Crippen LogP contribution < -0.4 is 0 Å². The van der Waals surface area contributed by atoms with Crippen LogP contribution in [-0.4, -0.2) is 43.2 Å². The molecule has 2 aromatic rings. The highest BCUT2D eigenvalue weighted by Gasteiger charge is 2.29. The van der Waals surface area contributed by atoms with Crippen molar-refractivity contribution in [2.24, 2.45) is 5.92 Å². The number of carbonyl (C=O) groups excluding carboxylic acids is 1. The number of amides is 1. The first-order valence-corrected chi connectivity index (χ1v) is 11.4. The minimum atomic E-state index is -3.56. The fourth-order valence-electron chi connectivity index (χ4n) is 4.02. The summed E-state index contributed by atoms with van der Waals surface area (Å²) in [6.07, 6.45) is 2.59. The summed E-state index contributed by atoms with van der Waals surface area (Å²) in [5.41, 5.74) is 2.88. The molecular weight excluding hydrogens is 372 g/mol. The molecule has 0 aromatic heterocycles. The van der Waals surface area contributed by atoms with Crippen LogP contribution in [0, 0.1) is 5.92 Å². The van der Waals surface area contributed by atoms with Crippen molar-refractivity contribution >= 4 is 15.9 Å². The molecule has 0 unspecified atom stereocenters. The molecule has 1 saturated heterocycles. The number of nitrogens with zero attached hydrogens (tertiary/aromatic N) is 2. The van der Waals surface area contributed by atoms with Gasteiger partial charge < -0.3 is 4.90 Å². The number of carbonyl (C=O) groups is 1. The number of piperidine rings is 1. The van der Waals surface area contributed by atoms with Crippen molar-refractivity contribution in [2.75, 3.05) is 19.6 Å². The van der Waals surface area contributed by atoms with Crippen LogP contribution in [0.15, 0.2) is 53.4 Å². The molecule has 2 aliphatic rings. The predicted octanol–water partition coefficient (Wildman–Crippen LogP) is 3.31. The Hall–Kier alpha value is -2.18. The number of benzene rings is 2. The molecule has 2 aliphatic heterocycles. The zero-order valence-electron chi connectivity index (χ0n) is 16.2. The lowest BCUT2D eigenvalue weighted by molar-refractivity contribution is 0.0734. The van der Waals surface area contributed by atoms with Gasteiger partial charge in [-0.1, -0.05) is 37.3 Å². The van der Waals surface area contributed by atoms with Crippen LogP contribution in [0.5, 0.6) is 0 Å². The van der Waals surface area contributed by atoms with Crippen molar-refractivity contribution in [1.29, 1.82) is 0 Å². The predicted molar refractivity (Wildman–Crippen MR) is 108 cm³/mol. The van der Waals surface area contributed by atoms with E-state index in [1.54, 1.807) is 27.4 Å². The standard InChI is InChI=1S/C22H26N2O3S/c1-17-9-13-24(14-10-17)28(26,27)21-8-4-7-19(15-21)22(25)23-12-11-18-5-2-3-6-20(18)16-23/h2-8,15,17H,9-14,16H2,1H3. The second kappa shape index (κ2) is 7.68. The van der Waals surface area contributed by atoms with Crippen LogP contribution in [-0.2, 0) is 23.0 Å². The van der Waals surface area contributed by atoms with Gasteiger partial charge in [0, 0.05) is 31.7 Å². The Kier molecular flexibility index (Phi) is 5.25. The Morgan fingerprint density at radius 1 is 0.964 bits per heavy atom. The molecule has 1 fully saturated rings. The zero-order valence-corrected chi connectivity index (χ0v) is 17.0. The van der Waals surface area contributed by atoms with E-state index >= 15 is 0 Å². The summed E-state index contributed by atoms with van der Waals surface area (Å²) in [4.78, 5) is 15.0. The van der Waals surface area contributed by atoms with E-state index in [1.165, 1.54) is 11.6 Å². The van der Waals surface area contributed by atoms with Crippen LogP contribution in [0.4, 0.5) is 0 Å². The lowest BCUT2D eigenvalue weighted by atomic mass is 9.99. The third-order valence-electron chi connectivity index (χ3n) is 5.88. The minimum Gasteiger partial charge on any atom is -0.334 e. The first-order valence-electron chi connectivity index (χ1n) is 9.91. The number of hydrogen-bond donors (Lipinski definition) is 0. The highest BCUT2D eigenvalue weighted by molar-refractivity contribution is 7.89. The van der Waals surface area contributed by atoms with Crippen molar-refractivity contribution in [1.82, 2.24) is 9.21 Å². The van der Waals surface area contributed by atoms with Gasteiger partial charge in [-0.15, -0.1) is 0 Å². The second-order valence-electron chi connectivity index (χ2n) is 7.86. The van der Waals surface area contributed by atoms with Crippen molar-refractivity contribution in [3.8, 4) is 0 Å². The quantitative estimate of drug-likeness (QED) is 0.797. The van der Waals surface area contributed by atoms with E-state index in [0.717, 1.165) is 24.8 Å². The summed E-state index contributed by atoms with van der Waals surface area (Å²) in [5.74, 6) is 0.445. The van der Waals surface area contributed by atoms with Crippen molar-refractivity contribution in [3.05, 3.63) is 65.2 Å². The molecule has 2 aromatic carbocycles. The van der Waals surface area contributed by atoms with E-state index in [-0.39, 0.29) is 10.8 Å². The van der Waals surface area contributed by atoms with Crippen LogP contribution in [0.3, 0.4) is 0 Å². The summed E-state index contributed by atoms with van der Waals surface area (Å²) < 4.78 is 27.6. The molecule has 1 amide bonds. The highest BCUT2D eigenvalue weighted by atomic mass is 32.2. The van der Waals surface area contributed by atoms with Crippen LogP contribution in [0.25, 0.3) is 0 Å². The van der Waals surface area contributed by atoms with Gasteiger partial charge in [-0.05, 0) is 54.5 Å². The van der Waals surface area contributed by atoms with Crippen LogP contribution >= 0.6 is 0 Å². The molecule has 0 spiro atoms. The number of fused-ring (bicyclic) bond motifs is 1. The van der Waals surface area contributed by atoms with E-state index in [4.69, 9.17) is 0 Å². The van der Waals surface area contributed by atoms with Gasteiger partial charge >= 0.3 is 0 Å². The van der Waals surface area contributed by atoms with E-state index < -0.39 is 10.0 Å². The van der Waals surface area contributed by atoms with E-state index in [9.17, 15) is 13.2 Å². The summed E-state index contributed by atoms with van der Waals surface area (Å²) in [7, 11) is -3.56. The van der Waals surface area contributed by atoms with E-state index in [1.807, 2.05) is 18.2 Å². The maximum Gasteiger partial charge on any atom is 0.254 e. The largest absolute Gasteiger partial charge is 0.334 e. The van der Waals surface area contributed by atoms with Gasteiger partial charge in [-0.2, -0.15) is 4.31 Å². The van der Waals surface area contributed by atoms with Gasteiger partial charge in [0.15, 0.2) is 0 Å². The first kappa shape index (κ1) is 19.2. The van der Waals surface area contributed by atoms with Crippen LogP contribution in [0.2, 0.25) is 0 Å². The Balaban J connectivity index is 1.55. The lowest BCUT2D eigenvalue weighted by Crippen LogP contribution is -2.38. The molecule has 0 N–H and O–H groups in total. The van der Waals surface area contributed by atoms with Gasteiger partial charge in [-0.3, -0.25) is 4.79 Å². The van der Waals surface area contributed by atoms with E-state index in [2.05, 4.69) is 13.0 Å². The Morgan fingerprint density at radius 2 is 1.68 bits per heavy atom. The summed E-state index contributed by atoms with van der Waals surface area (Å²) in [5, 5.41) is 0. The molecule has 2 heterocycles. The molecule has 4 rings (SSSR count). The first-order chi connectivity index (χ1) is 13.4. The summed E-state index contributed by atoms with van der Waals surface area (Å²) in [6, 6.07) is 14.7. The Bertz CT molecular complexity index is 979. The monoisotopic (exact) mass is 398 g/mol. The van der Waals surface area contributed by atoms with Gasteiger partial charge in [0.05, 0.1) is 4.90 Å². The molecule has 28 heavy (non-hydrogen) atoms. The van der Waals surface area contributed by atoms with Gasteiger partial charge in [0.2, 0.25) is 10.0 Å². The maximum atomic E-state index is 13.0. The third-order valence-corrected chi connectivity index (χ3v) is 7.77. The van der Waals surface area contributed by atoms with Crippen molar-refractivity contribution < 1.29 is 13.2 Å². The normalized spacial score (nSPS) is 18.7. The molecule has 5 nitrogen and oxygen atoms in total. The number of rotatable bonds is 3. The second-order valence-corrected chi connectivity index (χ2v) is 9.80. The fraction of sp³-hybridized carbons (Fsp3) is 0.409. The molecule has 0 bridgehead atoms. The molecule has 0 radical (unpaired) electrons. The average molecular weight is 399 g/mol. The van der Waals surface area contributed by atoms with E-state index in [0.29, 0.717) is 37.7 Å². The van der Waals surface area contributed by atoms with Crippen molar-refractivity contribution in [3.63, 3.8) is 0 Å². The molecule has 148 valence electrons. The fourth-order valence-corrected chi connectivity index (χ4v) is 5.53. The molecule has 6 heteroatoms. The summed E-state index contributed by atoms with van der Waals surface area (Å²) >= 11 is 0. The Morgan fingerprint density at radius 3 is 2.43 bits per heavy atom. The van der Waals surface area contributed by atoms with Gasteiger partial charge in [0.25, 0.3) is 5.91 Å². The van der Waals surface area contributed by atoms with Crippen molar-refractivity contribution in [2.45, 2.75) is 37.6 Å². The number of sulfonamides is 1. The SMILES string of the molecule is CC1CCN(S(=O)(=O)c2cccc(C(=O)N3CCc4ccccc4C3)c2)CC1. The van der Waals surface area contributed by atoms with Gasteiger partial charge in [-0.25, -0.2) is 8.42 Å². The molecular formula is C22H26N2O3S. The average Bonchev–Trinajstić information content (AvgIpc) is 2.73. The zero-order chi connectivity index (χ0) is 19.7. The highest BCUT2D eigenvalue weighted by Crippen LogP contribution is 2.25. The maximum absolute atomic E-state index is 13.0.